The van der Waals surface area contributed by atoms with Gasteiger partial charge >= 0.3 is 60.8 Å². The van der Waals surface area contributed by atoms with Gasteiger partial charge in [0, 0.05) is 0 Å². The molecular weight excluding hydrogens is 297 g/mol. The van der Waals surface area contributed by atoms with Crippen LogP contribution in [0.2, 0.25) is 0 Å². The molecule has 0 aromatic heterocycles. The van der Waals surface area contributed by atoms with Gasteiger partial charge in [-0.25, -0.2) is 9.59 Å². The van der Waals surface area contributed by atoms with Crippen LogP contribution >= 0.6 is 0 Å². The third-order valence-electron chi connectivity index (χ3n) is 1.36. The van der Waals surface area contributed by atoms with Crippen LogP contribution in [0, 0.1) is 0 Å². The van der Waals surface area contributed by atoms with Gasteiger partial charge in [-0.3, -0.25) is 0 Å². The zero-order chi connectivity index (χ0) is 9.14. The second-order valence-corrected chi connectivity index (χ2v) is 2.19. The minimum Gasteiger partial charge on any atom is -1.00 e. The Hall–Kier alpha value is -0.269. The van der Waals surface area contributed by atoms with E-state index in [-0.39, 0.29) is 62.9 Å². The Kier molecular flexibility index (Phi) is 5.35. The molecule has 0 spiro atoms. The van der Waals surface area contributed by atoms with Gasteiger partial charge in [-0.2, -0.15) is 0 Å². The van der Waals surface area contributed by atoms with Crippen molar-refractivity contribution in [2.75, 3.05) is 0 Å². The van der Waals surface area contributed by atoms with Crippen molar-refractivity contribution in [3.8, 4) is 0 Å². The first-order valence-corrected chi connectivity index (χ1v) is 3.18. The first kappa shape index (κ1) is 12.7. The molecule has 0 saturated carbocycles. The first-order valence-electron chi connectivity index (χ1n) is 3.18. The molecule has 13 heavy (non-hydrogen) atoms. The molecule has 2 N–H and O–H groups in total. The fourth-order valence-electron chi connectivity index (χ4n) is 0.785. The Balaban J connectivity index is -0.000000480. The Morgan fingerprint density at radius 1 is 1.08 bits per heavy atom. The Labute approximate surface area is 118 Å². The molecule has 0 amide bonds. The smallest absolute Gasteiger partial charge is 1.00 e. The van der Waals surface area contributed by atoms with Crippen molar-refractivity contribution in [3.63, 3.8) is 0 Å². The largest absolute Gasteiger partial charge is 2.00 e. The first-order chi connectivity index (χ1) is 5.61. The molecule has 66 valence electrons. The van der Waals surface area contributed by atoms with Crippen LogP contribution in [-0.2, 0) is 0 Å². The Bertz CT molecular complexity index is 314. The molecule has 5 heteroatoms. The number of carbonyl (C=O) groups is 2. The number of carboxylic acid groups (broad SMARTS) is 2. The van der Waals surface area contributed by atoms with Crippen LogP contribution in [0.5, 0.6) is 0 Å². The summed E-state index contributed by atoms with van der Waals surface area (Å²) in [5.41, 5.74) is -0.0372. The van der Waals surface area contributed by atoms with Crippen molar-refractivity contribution in [1.82, 2.24) is 0 Å². The van der Waals surface area contributed by atoms with Gasteiger partial charge in [0.15, 0.2) is 0 Å². The van der Waals surface area contributed by atoms with Gasteiger partial charge in [0.25, 0.3) is 0 Å². The Morgan fingerprint density at radius 3 is 1.77 bits per heavy atom. The molecule has 0 saturated heterocycles. The summed E-state index contributed by atoms with van der Waals surface area (Å²) >= 11 is 0. The molecule has 0 bridgehead atoms. The quantitative estimate of drug-likeness (QED) is 0.797. The molecule has 4 nitrogen and oxygen atoms in total. The number of rotatable bonds is 2. The standard InChI is InChI=1S/C8H6O4.Ba.2H/c9-7(10)5-2-1-3-6(4-5)8(11)12;;;/h1-4H,(H,9,10)(H,11,12);;;/q;+2;2*-1. The summed E-state index contributed by atoms with van der Waals surface area (Å²) in [7, 11) is 0. The summed E-state index contributed by atoms with van der Waals surface area (Å²) in [5, 5.41) is 17.0. The molecule has 0 heterocycles. The van der Waals surface area contributed by atoms with E-state index in [1.165, 1.54) is 18.2 Å². The second-order valence-electron chi connectivity index (χ2n) is 2.19. The number of hydrogen-bond donors (Lipinski definition) is 2. The SMILES string of the molecule is O=C(O)c1cccc(C(=O)O)c1.[Ba+2].[H-].[H-]. The van der Waals surface area contributed by atoms with Crippen LogP contribution in [0.3, 0.4) is 0 Å². The van der Waals surface area contributed by atoms with Crippen LogP contribution in [0.1, 0.15) is 23.6 Å². The molecule has 0 aliphatic rings. The zero-order valence-corrected chi connectivity index (χ0v) is 11.2. The van der Waals surface area contributed by atoms with E-state index in [2.05, 4.69) is 0 Å². The van der Waals surface area contributed by atoms with Gasteiger partial charge in [0.2, 0.25) is 0 Å². The second kappa shape index (κ2) is 5.46. The van der Waals surface area contributed by atoms with Gasteiger partial charge in [-0.05, 0) is 18.2 Å². The molecule has 0 atom stereocenters. The van der Waals surface area contributed by atoms with Gasteiger partial charge in [-0.1, -0.05) is 6.07 Å². The van der Waals surface area contributed by atoms with Gasteiger partial charge in [0.1, 0.15) is 0 Å². The van der Waals surface area contributed by atoms with E-state index in [9.17, 15) is 9.59 Å². The van der Waals surface area contributed by atoms with Crippen molar-refractivity contribution in [1.29, 1.82) is 0 Å². The van der Waals surface area contributed by atoms with Gasteiger partial charge < -0.3 is 13.1 Å². The summed E-state index contributed by atoms with van der Waals surface area (Å²) < 4.78 is 0. The fraction of sp³-hybridized carbons (Fsp3) is 0. The summed E-state index contributed by atoms with van der Waals surface area (Å²) in [6.07, 6.45) is 0. The zero-order valence-electron chi connectivity index (χ0n) is 8.73. The molecule has 0 aliphatic carbocycles. The molecular formula is C8H8BaO4. The van der Waals surface area contributed by atoms with Gasteiger partial charge in [-0.15, -0.1) is 0 Å². The summed E-state index contributed by atoms with van der Waals surface area (Å²) in [6, 6.07) is 5.20. The van der Waals surface area contributed by atoms with Gasteiger partial charge in [0.05, 0.1) is 11.1 Å². The van der Waals surface area contributed by atoms with Crippen molar-refractivity contribution in [3.05, 3.63) is 35.4 Å². The molecule has 0 unspecified atom stereocenters. The van der Waals surface area contributed by atoms with Crippen LogP contribution < -0.4 is 0 Å². The van der Waals surface area contributed by atoms with E-state index in [4.69, 9.17) is 10.2 Å². The van der Waals surface area contributed by atoms with Crippen LogP contribution in [0.15, 0.2) is 24.3 Å². The van der Waals surface area contributed by atoms with E-state index in [0.717, 1.165) is 6.07 Å². The average Bonchev–Trinajstić information content (AvgIpc) is 2.04. The summed E-state index contributed by atoms with van der Waals surface area (Å²) in [4.78, 5) is 20.8. The predicted molar refractivity (Wildman–Crippen MR) is 48.3 cm³/mol. The van der Waals surface area contributed by atoms with Crippen molar-refractivity contribution in [2.24, 2.45) is 0 Å². The Morgan fingerprint density at radius 2 is 1.46 bits per heavy atom. The number of carboxylic acids is 2. The van der Waals surface area contributed by atoms with Crippen LogP contribution in [0.25, 0.3) is 0 Å². The molecule has 0 aliphatic heterocycles. The third-order valence-corrected chi connectivity index (χ3v) is 1.36. The van der Waals surface area contributed by atoms with Crippen molar-refractivity contribution in [2.45, 2.75) is 0 Å². The van der Waals surface area contributed by atoms with Crippen LogP contribution in [-0.4, -0.2) is 71.0 Å². The normalized spacial score (nSPS) is 8.62. The molecule has 0 fully saturated rings. The molecule has 1 aromatic rings. The molecule has 0 radical (unpaired) electrons. The molecule has 1 aromatic carbocycles. The van der Waals surface area contributed by atoms with E-state index < -0.39 is 11.9 Å². The maximum absolute atomic E-state index is 10.4. The molecule has 1 rings (SSSR count). The maximum Gasteiger partial charge on any atom is 2.00 e. The fourth-order valence-corrected chi connectivity index (χ4v) is 0.785. The minimum atomic E-state index is -1.13. The van der Waals surface area contributed by atoms with E-state index in [0.29, 0.717) is 0 Å². The van der Waals surface area contributed by atoms with Crippen LogP contribution in [0.4, 0.5) is 0 Å². The topological polar surface area (TPSA) is 74.6 Å². The van der Waals surface area contributed by atoms with Crippen molar-refractivity contribution < 1.29 is 22.7 Å². The summed E-state index contributed by atoms with van der Waals surface area (Å²) in [6.45, 7) is 0. The average molecular weight is 305 g/mol. The number of hydrogen-bond acceptors (Lipinski definition) is 2. The number of benzene rings is 1. The predicted octanol–water partition coefficient (Wildman–Crippen LogP) is 0.927. The van der Waals surface area contributed by atoms with E-state index >= 15 is 0 Å². The number of aromatic carboxylic acids is 2. The third kappa shape index (κ3) is 3.53. The van der Waals surface area contributed by atoms with E-state index in [1.807, 2.05) is 0 Å². The summed E-state index contributed by atoms with van der Waals surface area (Å²) in [5.74, 6) is -2.25. The van der Waals surface area contributed by atoms with Crippen molar-refractivity contribution >= 4 is 60.8 Å². The van der Waals surface area contributed by atoms with E-state index in [1.54, 1.807) is 0 Å². The minimum absolute atomic E-state index is 0. The maximum atomic E-state index is 10.4. The monoisotopic (exact) mass is 306 g/mol.